The van der Waals surface area contributed by atoms with E-state index in [1.165, 1.54) is 11.3 Å². The molecule has 1 amide bonds. The summed E-state index contributed by atoms with van der Waals surface area (Å²) in [5, 5.41) is 4.80. The lowest BCUT2D eigenvalue weighted by Gasteiger charge is -2.18. The van der Waals surface area contributed by atoms with Gasteiger partial charge < -0.3 is 4.42 Å². The van der Waals surface area contributed by atoms with Gasteiger partial charge in [-0.05, 0) is 30.9 Å². The molecule has 0 unspecified atom stereocenters. The third-order valence-electron chi connectivity index (χ3n) is 4.26. The quantitative estimate of drug-likeness (QED) is 0.501. The minimum absolute atomic E-state index is 0.00923. The van der Waals surface area contributed by atoms with Crippen molar-refractivity contribution >= 4 is 28.2 Å². The summed E-state index contributed by atoms with van der Waals surface area (Å²) in [7, 11) is 0. The van der Waals surface area contributed by atoms with E-state index in [2.05, 4.69) is 31.1 Å². The highest BCUT2D eigenvalue weighted by atomic mass is 32.1. The Kier molecular flexibility index (Phi) is 5.02. The van der Waals surface area contributed by atoms with Crippen molar-refractivity contribution in [3.63, 3.8) is 0 Å². The molecule has 2 heterocycles. The number of hydrogen-bond donors (Lipinski definition) is 1. The zero-order chi connectivity index (χ0) is 19.8. The maximum absolute atomic E-state index is 12.4. The molecule has 0 bridgehead atoms. The van der Waals surface area contributed by atoms with Gasteiger partial charge in [-0.25, -0.2) is 4.98 Å². The lowest BCUT2D eigenvalue weighted by Crippen LogP contribution is -2.23. The molecule has 0 spiro atoms. The number of carbonyl (C=O) groups is 2. The van der Waals surface area contributed by atoms with Crippen molar-refractivity contribution < 1.29 is 14.0 Å². The van der Waals surface area contributed by atoms with Crippen LogP contribution in [0.2, 0.25) is 0 Å². The Balaban J connectivity index is 1.72. The summed E-state index contributed by atoms with van der Waals surface area (Å²) in [4.78, 5) is 29.1. The van der Waals surface area contributed by atoms with Crippen molar-refractivity contribution in [2.45, 2.75) is 40.0 Å². The molecule has 0 aliphatic heterocycles. The van der Waals surface area contributed by atoms with E-state index >= 15 is 0 Å². The van der Waals surface area contributed by atoms with Crippen LogP contribution in [-0.4, -0.2) is 16.7 Å². The molecule has 0 aliphatic carbocycles. The zero-order valence-electron chi connectivity index (χ0n) is 16.0. The first-order chi connectivity index (χ1) is 12.6. The number of furan rings is 1. The second kappa shape index (κ2) is 7.12. The summed E-state index contributed by atoms with van der Waals surface area (Å²) in [5.74, 6) is 0.294. The summed E-state index contributed by atoms with van der Waals surface area (Å²) >= 11 is 1.27. The maximum atomic E-state index is 12.4. The molecule has 0 atom stereocenters. The molecule has 0 radical (unpaired) electrons. The highest BCUT2D eigenvalue weighted by Crippen LogP contribution is 2.29. The minimum atomic E-state index is -0.695. The van der Waals surface area contributed by atoms with E-state index in [9.17, 15) is 9.59 Å². The Labute approximate surface area is 162 Å². The standard InChI is InChI=1S/C21H22N2O3S/c1-12-10-16(13(2)26-12)17-11-27-20(22-17)23-19(25)18(24)14-6-8-15(9-7-14)21(3,4)5/h6-11H,1-5H3,(H,22,23,25). The van der Waals surface area contributed by atoms with Crippen LogP contribution in [0.5, 0.6) is 0 Å². The van der Waals surface area contributed by atoms with Crippen molar-refractivity contribution in [2.24, 2.45) is 0 Å². The number of hydrogen-bond acceptors (Lipinski definition) is 5. The van der Waals surface area contributed by atoms with E-state index in [1.54, 1.807) is 12.1 Å². The topological polar surface area (TPSA) is 72.2 Å². The lowest BCUT2D eigenvalue weighted by molar-refractivity contribution is -0.112. The lowest BCUT2D eigenvalue weighted by atomic mass is 9.86. The van der Waals surface area contributed by atoms with Gasteiger partial charge in [-0.3, -0.25) is 14.9 Å². The fraction of sp³-hybridized carbons (Fsp3) is 0.286. The van der Waals surface area contributed by atoms with E-state index in [-0.39, 0.29) is 5.41 Å². The Morgan fingerprint density at radius 1 is 1.11 bits per heavy atom. The number of thiazole rings is 1. The monoisotopic (exact) mass is 382 g/mol. The number of aromatic nitrogens is 1. The summed E-state index contributed by atoms with van der Waals surface area (Å²) < 4.78 is 5.51. The largest absolute Gasteiger partial charge is 0.466 e. The molecule has 0 saturated carbocycles. The van der Waals surface area contributed by atoms with Gasteiger partial charge in [0.25, 0.3) is 11.7 Å². The zero-order valence-corrected chi connectivity index (χ0v) is 16.9. The Morgan fingerprint density at radius 2 is 1.78 bits per heavy atom. The molecule has 140 valence electrons. The van der Waals surface area contributed by atoms with Crippen molar-refractivity contribution in [3.8, 4) is 11.3 Å². The van der Waals surface area contributed by atoms with Crippen LogP contribution in [0.15, 0.2) is 40.1 Å². The van der Waals surface area contributed by atoms with Crippen LogP contribution >= 0.6 is 11.3 Å². The fourth-order valence-corrected chi connectivity index (χ4v) is 3.45. The molecule has 5 nitrogen and oxygen atoms in total. The number of aryl methyl sites for hydroxylation is 2. The van der Waals surface area contributed by atoms with Gasteiger partial charge in [0.15, 0.2) is 5.13 Å². The third-order valence-corrected chi connectivity index (χ3v) is 5.02. The predicted molar refractivity (Wildman–Crippen MR) is 107 cm³/mol. The van der Waals surface area contributed by atoms with Crippen LogP contribution in [-0.2, 0) is 10.2 Å². The third kappa shape index (κ3) is 4.17. The Bertz CT molecular complexity index is 991. The van der Waals surface area contributed by atoms with Gasteiger partial charge in [0, 0.05) is 16.5 Å². The Morgan fingerprint density at radius 3 is 2.33 bits per heavy atom. The van der Waals surface area contributed by atoms with Crippen LogP contribution in [0.25, 0.3) is 11.3 Å². The average molecular weight is 382 g/mol. The SMILES string of the molecule is Cc1cc(-c2csc(NC(=O)C(=O)c3ccc(C(C)(C)C)cc3)n2)c(C)o1. The molecule has 3 aromatic rings. The number of anilines is 1. The van der Waals surface area contributed by atoms with Crippen molar-refractivity contribution in [1.82, 2.24) is 4.98 Å². The fourth-order valence-electron chi connectivity index (χ4n) is 2.75. The average Bonchev–Trinajstić information content (AvgIpc) is 3.19. The highest BCUT2D eigenvalue weighted by molar-refractivity contribution is 7.14. The Hall–Kier alpha value is -2.73. The van der Waals surface area contributed by atoms with Gasteiger partial charge in [-0.2, -0.15) is 0 Å². The van der Waals surface area contributed by atoms with Crippen LogP contribution in [0.4, 0.5) is 5.13 Å². The van der Waals surface area contributed by atoms with Gasteiger partial charge in [0.1, 0.15) is 11.5 Å². The van der Waals surface area contributed by atoms with Gasteiger partial charge in [0.05, 0.1) is 5.69 Å². The number of ketones is 1. The van der Waals surface area contributed by atoms with E-state index in [4.69, 9.17) is 4.42 Å². The molecule has 6 heteroatoms. The molecule has 1 aromatic carbocycles. The highest BCUT2D eigenvalue weighted by Gasteiger charge is 2.20. The van der Waals surface area contributed by atoms with Crippen LogP contribution in [0, 0.1) is 13.8 Å². The van der Waals surface area contributed by atoms with E-state index in [0.717, 1.165) is 22.6 Å². The summed E-state index contributed by atoms with van der Waals surface area (Å²) in [6, 6.07) is 9.04. The number of nitrogens with zero attached hydrogens (tertiary/aromatic N) is 1. The van der Waals surface area contributed by atoms with E-state index < -0.39 is 11.7 Å². The van der Waals surface area contributed by atoms with E-state index in [1.807, 2.05) is 37.4 Å². The molecule has 3 rings (SSSR count). The molecular formula is C21H22N2O3S. The van der Waals surface area contributed by atoms with Crippen LogP contribution in [0.3, 0.4) is 0 Å². The normalized spacial score (nSPS) is 11.4. The van der Waals surface area contributed by atoms with E-state index in [0.29, 0.717) is 16.4 Å². The van der Waals surface area contributed by atoms with Gasteiger partial charge >= 0.3 is 0 Å². The van der Waals surface area contributed by atoms with Gasteiger partial charge in [0.2, 0.25) is 0 Å². The first-order valence-electron chi connectivity index (χ1n) is 8.64. The molecule has 27 heavy (non-hydrogen) atoms. The predicted octanol–water partition coefficient (Wildman–Crippen LogP) is 5.14. The minimum Gasteiger partial charge on any atom is -0.466 e. The number of rotatable bonds is 4. The van der Waals surface area contributed by atoms with Crippen molar-refractivity contribution in [3.05, 3.63) is 58.4 Å². The van der Waals surface area contributed by atoms with Crippen LogP contribution < -0.4 is 5.32 Å². The molecule has 0 fully saturated rings. The van der Waals surface area contributed by atoms with Crippen molar-refractivity contribution in [2.75, 3.05) is 5.32 Å². The number of benzene rings is 1. The second-order valence-electron chi connectivity index (χ2n) is 7.48. The maximum Gasteiger partial charge on any atom is 0.298 e. The van der Waals surface area contributed by atoms with Gasteiger partial charge in [-0.1, -0.05) is 45.0 Å². The number of Topliss-reactive ketones (excluding diaryl/α,β-unsaturated/α-hetero) is 1. The molecule has 0 aliphatic rings. The number of carbonyl (C=O) groups excluding carboxylic acids is 2. The molecule has 0 saturated heterocycles. The summed E-state index contributed by atoms with van der Waals surface area (Å²) in [6.45, 7) is 10.0. The van der Waals surface area contributed by atoms with Crippen LogP contribution in [0.1, 0.15) is 48.2 Å². The molecule has 2 aromatic heterocycles. The number of amides is 1. The first kappa shape index (κ1) is 19.0. The summed E-state index contributed by atoms with van der Waals surface area (Å²) in [6.07, 6.45) is 0. The smallest absolute Gasteiger partial charge is 0.298 e. The van der Waals surface area contributed by atoms with Crippen molar-refractivity contribution in [1.29, 1.82) is 0 Å². The molecular weight excluding hydrogens is 360 g/mol. The summed E-state index contributed by atoms with van der Waals surface area (Å²) in [5.41, 5.74) is 3.05. The molecule has 1 N–H and O–H groups in total. The first-order valence-corrected chi connectivity index (χ1v) is 9.52. The number of nitrogens with one attached hydrogen (secondary N) is 1. The second-order valence-corrected chi connectivity index (χ2v) is 8.33. The van der Waals surface area contributed by atoms with Gasteiger partial charge in [-0.15, -0.1) is 11.3 Å².